The smallest absolute Gasteiger partial charge is 0.311 e. The average molecular weight is 326 g/mol. The lowest BCUT2D eigenvalue weighted by Crippen LogP contribution is -2.27. The van der Waals surface area contributed by atoms with Gasteiger partial charge in [0, 0.05) is 0 Å². The lowest BCUT2D eigenvalue weighted by molar-refractivity contribution is -0.154. The van der Waals surface area contributed by atoms with E-state index in [-0.39, 0.29) is 6.61 Å². The van der Waals surface area contributed by atoms with Gasteiger partial charge in [-0.25, -0.2) is 13.2 Å². The van der Waals surface area contributed by atoms with Gasteiger partial charge in [0.15, 0.2) is 5.75 Å². The summed E-state index contributed by atoms with van der Waals surface area (Å²) < 4.78 is 74.5. The second kappa shape index (κ2) is 6.93. The standard InChI is InChI=1S/C14H15F5O3/c1-4-14(2,3)13(20)22-6-5-21-12-10(18)8(16)7(15)9(17)11(12)19/h4-6H2,1-3H3. The minimum Gasteiger partial charge on any atom is -0.484 e. The molecule has 124 valence electrons. The zero-order valence-corrected chi connectivity index (χ0v) is 12.2. The molecule has 0 aromatic heterocycles. The Balaban J connectivity index is 2.69. The lowest BCUT2D eigenvalue weighted by Gasteiger charge is -2.20. The predicted octanol–water partition coefficient (Wildman–Crippen LogP) is 3.74. The highest BCUT2D eigenvalue weighted by molar-refractivity contribution is 5.75. The fourth-order valence-electron chi connectivity index (χ4n) is 1.33. The van der Waals surface area contributed by atoms with Crippen molar-refractivity contribution in [3.63, 3.8) is 0 Å². The first-order valence-corrected chi connectivity index (χ1v) is 6.45. The highest BCUT2D eigenvalue weighted by Crippen LogP contribution is 2.29. The molecule has 8 heteroatoms. The third-order valence-electron chi connectivity index (χ3n) is 3.17. The minimum absolute atomic E-state index is 0.387. The molecule has 0 heterocycles. The van der Waals surface area contributed by atoms with E-state index in [1.807, 2.05) is 0 Å². The number of hydrogen-bond acceptors (Lipinski definition) is 3. The fourth-order valence-corrected chi connectivity index (χ4v) is 1.33. The number of esters is 1. The summed E-state index contributed by atoms with van der Waals surface area (Å²) in [6, 6.07) is 0. The Hall–Kier alpha value is -1.86. The van der Waals surface area contributed by atoms with E-state index in [1.165, 1.54) is 0 Å². The van der Waals surface area contributed by atoms with E-state index in [0.717, 1.165) is 0 Å². The Morgan fingerprint density at radius 1 is 0.909 bits per heavy atom. The number of rotatable bonds is 6. The third-order valence-corrected chi connectivity index (χ3v) is 3.17. The molecule has 0 aliphatic heterocycles. The van der Waals surface area contributed by atoms with Gasteiger partial charge in [-0.05, 0) is 20.3 Å². The van der Waals surface area contributed by atoms with Crippen molar-refractivity contribution in [2.75, 3.05) is 13.2 Å². The maximum atomic E-state index is 13.3. The molecule has 1 aromatic rings. The van der Waals surface area contributed by atoms with Gasteiger partial charge in [-0.1, -0.05) is 6.92 Å². The van der Waals surface area contributed by atoms with Crippen molar-refractivity contribution in [1.82, 2.24) is 0 Å². The van der Waals surface area contributed by atoms with Crippen molar-refractivity contribution in [1.29, 1.82) is 0 Å². The van der Waals surface area contributed by atoms with Crippen molar-refractivity contribution < 1.29 is 36.2 Å². The molecule has 0 bridgehead atoms. The summed E-state index contributed by atoms with van der Waals surface area (Å²) in [5.41, 5.74) is -0.745. The highest BCUT2D eigenvalue weighted by atomic mass is 19.2. The molecule has 0 atom stereocenters. The number of ether oxygens (including phenoxy) is 2. The Morgan fingerprint density at radius 3 is 1.82 bits per heavy atom. The maximum absolute atomic E-state index is 13.3. The van der Waals surface area contributed by atoms with Gasteiger partial charge in [0.05, 0.1) is 5.41 Å². The quantitative estimate of drug-likeness (QED) is 0.263. The summed E-state index contributed by atoms with van der Waals surface area (Å²) in [7, 11) is 0. The summed E-state index contributed by atoms with van der Waals surface area (Å²) in [6.45, 7) is 4.11. The summed E-state index contributed by atoms with van der Waals surface area (Å²) >= 11 is 0. The molecule has 0 N–H and O–H groups in total. The van der Waals surface area contributed by atoms with Crippen molar-refractivity contribution in [2.45, 2.75) is 27.2 Å². The topological polar surface area (TPSA) is 35.5 Å². The molecule has 1 aromatic carbocycles. The van der Waals surface area contributed by atoms with E-state index in [0.29, 0.717) is 6.42 Å². The second-order valence-electron chi connectivity index (χ2n) is 5.12. The van der Waals surface area contributed by atoms with Crippen LogP contribution in [0.3, 0.4) is 0 Å². The molecule has 0 fully saturated rings. The molecular weight excluding hydrogens is 311 g/mol. The monoisotopic (exact) mass is 326 g/mol. The van der Waals surface area contributed by atoms with Crippen LogP contribution in [0.5, 0.6) is 5.75 Å². The van der Waals surface area contributed by atoms with Crippen LogP contribution in [-0.4, -0.2) is 19.2 Å². The van der Waals surface area contributed by atoms with Gasteiger partial charge < -0.3 is 9.47 Å². The molecule has 0 aliphatic carbocycles. The van der Waals surface area contributed by atoms with Gasteiger partial charge in [-0.3, -0.25) is 4.79 Å². The van der Waals surface area contributed by atoms with Gasteiger partial charge >= 0.3 is 5.97 Å². The summed E-state index contributed by atoms with van der Waals surface area (Å²) in [6.07, 6.45) is 0.504. The molecule has 0 saturated heterocycles. The van der Waals surface area contributed by atoms with Crippen LogP contribution < -0.4 is 4.74 Å². The van der Waals surface area contributed by atoms with E-state index in [4.69, 9.17) is 4.74 Å². The molecule has 0 spiro atoms. The Bertz CT molecular complexity index is 543. The van der Waals surface area contributed by atoms with Crippen molar-refractivity contribution >= 4 is 5.97 Å². The predicted molar refractivity (Wildman–Crippen MR) is 66.8 cm³/mol. The third kappa shape index (κ3) is 3.66. The number of carbonyl (C=O) groups excluding carboxylic acids is 1. The molecule has 0 aliphatic rings. The van der Waals surface area contributed by atoms with Crippen molar-refractivity contribution in [2.24, 2.45) is 5.41 Å². The van der Waals surface area contributed by atoms with E-state index >= 15 is 0 Å². The van der Waals surface area contributed by atoms with Gasteiger partial charge in [-0.2, -0.15) is 8.78 Å². The summed E-state index contributed by atoms with van der Waals surface area (Å²) in [4.78, 5) is 11.6. The van der Waals surface area contributed by atoms with E-state index in [2.05, 4.69) is 4.74 Å². The fraction of sp³-hybridized carbons (Fsp3) is 0.500. The molecular formula is C14H15F5O3. The van der Waals surface area contributed by atoms with Crippen molar-refractivity contribution in [3.8, 4) is 5.75 Å². The van der Waals surface area contributed by atoms with Crippen LogP contribution in [0.2, 0.25) is 0 Å². The maximum Gasteiger partial charge on any atom is 0.311 e. The van der Waals surface area contributed by atoms with Gasteiger partial charge in [0.2, 0.25) is 29.1 Å². The van der Waals surface area contributed by atoms with E-state index in [9.17, 15) is 26.7 Å². The van der Waals surface area contributed by atoms with Crippen LogP contribution in [0.15, 0.2) is 0 Å². The largest absolute Gasteiger partial charge is 0.484 e. The normalized spacial score (nSPS) is 11.5. The molecule has 22 heavy (non-hydrogen) atoms. The molecule has 1 rings (SSSR count). The van der Waals surface area contributed by atoms with Crippen LogP contribution >= 0.6 is 0 Å². The first-order valence-electron chi connectivity index (χ1n) is 6.45. The van der Waals surface area contributed by atoms with Gasteiger partial charge in [0.1, 0.15) is 13.2 Å². The molecule has 0 amide bonds. The molecule has 0 saturated carbocycles. The molecule has 3 nitrogen and oxygen atoms in total. The Morgan fingerprint density at radius 2 is 1.36 bits per heavy atom. The van der Waals surface area contributed by atoms with Crippen LogP contribution in [-0.2, 0) is 9.53 Å². The zero-order valence-electron chi connectivity index (χ0n) is 12.2. The van der Waals surface area contributed by atoms with E-state index < -0.39 is 52.8 Å². The summed E-state index contributed by atoms with van der Waals surface area (Å²) in [5, 5.41) is 0. The zero-order chi connectivity index (χ0) is 17.1. The molecule has 0 unspecified atom stereocenters. The van der Waals surface area contributed by atoms with Crippen LogP contribution in [0.1, 0.15) is 27.2 Å². The van der Waals surface area contributed by atoms with Crippen LogP contribution in [0.25, 0.3) is 0 Å². The number of carbonyl (C=O) groups is 1. The number of hydrogen-bond donors (Lipinski definition) is 0. The number of benzene rings is 1. The minimum atomic E-state index is -2.27. The van der Waals surface area contributed by atoms with Crippen molar-refractivity contribution in [3.05, 3.63) is 29.1 Å². The Labute approximate surface area is 124 Å². The first-order chi connectivity index (χ1) is 10.1. The first kappa shape index (κ1) is 18.2. The summed E-state index contributed by atoms with van der Waals surface area (Å²) in [5.74, 6) is -12.6. The molecule has 0 radical (unpaired) electrons. The van der Waals surface area contributed by atoms with Gasteiger partial charge in [0.25, 0.3) is 0 Å². The Kier molecular flexibility index (Phi) is 5.73. The second-order valence-corrected chi connectivity index (χ2v) is 5.12. The van der Waals surface area contributed by atoms with Crippen LogP contribution in [0, 0.1) is 34.5 Å². The number of halogens is 5. The van der Waals surface area contributed by atoms with Gasteiger partial charge in [-0.15, -0.1) is 0 Å². The van der Waals surface area contributed by atoms with E-state index in [1.54, 1.807) is 20.8 Å². The highest BCUT2D eigenvalue weighted by Gasteiger charge is 2.28. The lowest BCUT2D eigenvalue weighted by atomic mass is 9.91. The SMILES string of the molecule is CCC(C)(C)C(=O)OCCOc1c(F)c(F)c(F)c(F)c1F. The van der Waals surface area contributed by atoms with Crippen LogP contribution in [0.4, 0.5) is 22.0 Å². The average Bonchev–Trinajstić information content (AvgIpc) is 2.49.